The van der Waals surface area contributed by atoms with Crippen LogP contribution in [0.3, 0.4) is 0 Å². The van der Waals surface area contributed by atoms with E-state index in [1.165, 1.54) is 0 Å². The molecule has 0 saturated heterocycles. The zero-order valence-electron chi connectivity index (χ0n) is 9.92. The first-order valence-electron chi connectivity index (χ1n) is 5.22. The van der Waals surface area contributed by atoms with E-state index in [1.54, 1.807) is 6.92 Å². The molecular formula is C11H23NO2. The molecule has 2 N–H and O–H groups in total. The van der Waals surface area contributed by atoms with Crippen LogP contribution in [0.4, 0.5) is 0 Å². The lowest BCUT2D eigenvalue weighted by molar-refractivity contribution is -0.130. The molecule has 0 aliphatic carbocycles. The molecule has 1 unspecified atom stereocenters. The number of aliphatic hydroxyl groups is 1. The number of nitrogens with one attached hydrogen (secondary N) is 1. The van der Waals surface area contributed by atoms with Crippen LogP contribution in [0.5, 0.6) is 0 Å². The fourth-order valence-corrected chi connectivity index (χ4v) is 1.59. The number of amides is 1. The third-order valence-corrected chi connectivity index (χ3v) is 2.09. The predicted molar refractivity (Wildman–Crippen MR) is 57.9 cm³/mol. The Morgan fingerprint density at radius 2 is 1.86 bits per heavy atom. The highest BCUT2D eigenvalue weighted by Crippen LogP contribution is 2.25. The maximum absolute atomic E-state index is 11.7. The Morgan fingerprint density at radius 3 is 2.21 bits per heavy atom. The lowest BCUT2D eigenvalue weighted by Gasteiger charge is -2.25. The molecule has 3 nitrogen and oxygen atoms in total. The first kappa shape index (κ1) is 13.4. The summed E-state index contributed by atoms with van der Waals surface area (Å²) in [6.07, 6.45) is 0.382. The molecule has 14 heavy (non-hydrogen) atoms. The molecule has 0 aliphatic heterocycles. The van der Waals surface area contributed by atoms with Gasteiger partial charge in [0, 0.05) is 12.0 Å². The summed E-state index contributed by atoms with van der Waals surface area (Å²) in [4.78, 5) is 11.7. The number of hydrogen-bond donors (Lipinski definition) is 2. The molecule has 1 atom stereocenters. The fourth-order valence-electron chi connectivity index (χ4n) is 1.59. The number of hydrogen-bond acceptors (Lipinski definition) is 2. The quantitative estimate of drug-likeness (QED) is 0.709. The van der Waals surface area contributed by atoms with Gasteiger partial charge in [0.25, 0.3) is 0 Å². The largest absolute Gasteiger partial charge is 0.392 e. The van der Waals surface area contributed by atoms with E-state index in [-0.39, 0.29) is 11.3 Å². The average molecular weight is 201 g/mol. The molecule has 0 spiro atoms. The molecule has 0 aliphatic rings. The first-order chi connectivity index (χ1) is 6.25. The van der Waals surface area contributed by atoms with Crippen molar-refractivity contribution < 1.29 is 9.90 Å². The summed E-state index contributed by atoms with van der Waals surface area (Å²) in [5.41, 5.74) is -0.344. The van der Waals surface area contributed by atoms with Gasteiger partial charge in [-0.1, -0.05) is 27.7 Å². The summed E-state index contributed by atoms with van der Waals surface area (Å²) in [5, 5.41) is 11.8. The van der Waals surface area contributed by atoms with Gasteiger partial charge in [0.05, 0.1) is 6.10 Å². The van der Waals surface area contributed by atoms with E-state index in [0.717, 1.165) is 6.42 Å². The van der Waals surface area contributed by atoms with E-state index in [4.69, 9.17) is 5.11 Å². The Balaban J connectivity index is 4.08. The van der Waals surface area contributed by atoms with Crippen molar-refractivity contribution in [1.29, 1.82) is 0 Å². The Morgan fingerprint density at radius 1 is 1.36 bits per heavy atom. The van der Waals surface area contributed by atoms with E-state index < -0.39 is 6.10 Å². The molecule has 0 saturated carbocycles. The van der Waals surface area contributed by atoms with Crippen LogP contribution in [-0.2, 0) is 4.79 Å². The predicted octanol–water partition coefficient (Wildman–Crippen LogP) is 1.56. The maximum Gasteiger partial charge on any atom is 0.225 e. The summed E-state index contributed by atoms with van der Waals surface area (Å²) >= 11 is 0. The molecule has 0 aromatic rings. The second-order valence-electron chi connectivity index (χ2n) is 5.04. The second-order valence-corrected chi connectivity index (χ2v) is 5.04. The van der Waals surface area contributed by atoms with Crippen LogP contribution >= 0.6 is 0 Å². The van der Waals surface area contributed by atoms with Gasteiger partial charge < -0.3 is 10.4 Å². The number of carbonyl (C=O) groups is 1. The Labute approximate surface area is 86.9 Å². The molecule has 0 heterocycles. The van der Waals surface area contributed by atoms with Crippen molar-refractivity contribution >= 4 is 5.91 Å². The van der Waals surface area contributed by atoms with Gasteiger partial charge >= 0.3 is 0 Å². The van der Waals surface area contributed by atoms with Crippen molar-refractivity contribution in [2.24, 2.45) is 11.3 Å². The Hall–Kier alpha value is -0.570. The SMILES string of the molecule is CC(C)CC(C)(C)C(=O)NCC(C)O. The summed E-state index contributed by atoms with van der Waals surface area (Å²) in [7, 11) is 0. The Kier molecular flexibility index (Phi) is 5.13. The van der Waals surface area contributed by atoms with Crippen LogP contribution in [-0.4, -0.2) is 23.7 Å². The zero-order valence-corrected chi connectivity index (χ0v) is 9.92. The summed E-state index contributed by atoms with van der Waals surface area (Å²) in [5.74, 6) is 0.523. The molecule has 0 rings (SSSR count). The van der Waals surface area contributed by atoms with E-state index in [9.17, 15) is 4.79 Å². The number of carbonyl (C=O) groups excluding carboxylic acids is 1. The average Bonchev–Trinajstić information content (AvgIpc) is 1.97. The van der Waals surface area contributed by atoms with Crippen LogP contribution in [0.15, 0.2) is 0 Å². The molecule has 0 radical (unpaired) electrons. The van der Waals surface area contributed by atoms with Crippen molar-refractivity contribution in [3.05, 3.63) is 0 Å². The molecule has 0 aromatic heterocycles. The summed E-state index contributed by atoms with van der Waals surface area (Å²) in [6, 6.07) is 0. The first-order valence-corrected chi connectivity index (χ1v) is 5.22. The monoisotopic (exact) mass is 201 g/mol. The maximum atomic E-state index is 11.7. The van der Waals surface area contributed by atoms with E-state index >= 15 is 0 Å². The van der Waals surface area contributed by atoms with E-state index in [0.29, 0.717) is 12.5 Å². The van der Waals surface area contributed by atoms with Crippen molar-refractivity contribution in [2.75, 3.05) is 6.54 Å². The van der Waals surface area contributed by atoms with Crippen molar-refractivity contribution in [1.82, 2.24) is 5.32 Å². The van der Waals surface area contributed by atoms with Gasteiger partial charge in [0.15, 0.2) is 0 Å². The molecule has 0 aromatic carbocycles. The van der Waals surface area contributed by atoms with Crippen LogP contribution in [0.25, 0.3) is 0 Å². The molecule has 1 amide bonds. The Bertz CT molecular complexity index is 186. The van der Waals surface area contributed by atoms with E-state index in [2.05, 4.69) is 19.2 Å². The molecule has 0 bridgehead atoms. The van der Waals surface area contributed by atoms with Gasteiger partial charge in [0.2, 0.25) is 5.91 Å². The van der Waals surface area contributed by atoms with Crippen LogP contribution < -0.4 is 5.32 Å². The van der Waals surface area contributed by atoms with E-state index in [1.807, 2.05) is 13.8 Å². The van der Waals surface area contributed by atoms with Gasteiger partial charge in [0.1, 0.15) is 0 Å². The highest BCUT2D eigenvalue weighted by Gasteiger charge is 2.28. The minimum atomic E-state index is -0.478. The van der Waals surface area contributed by atoms with Crippen LogP contribution in [0.1, 0.15) is 41.0 Å². The van der Waals surface area contributed by atoms with Gasteiger partial charge in [-0.15, -0.1) is 0 Å². The van der Waals surface area contributed by atoms with Crippen LogP contribution in [0, 0.1) is 11.3 Å². The minimum absolute atomic E-state index is 0.0205. The molecule has 84 valence electrons. The highest BCUT2D eigenvalue weighted by molar-refractivity contribution is 5.81. The van der Waals surface area contributed by atoms with Crippen molar-refractivity contribution in [2.45, 2.75) is 47.1 Å². The third kappa shape index (κ3) is 5.22. The number of rotatable bonds is 5. The van der Waals surface area contributed by atoms with Crippen molar-refractivity contribution in [3.8, 4) is 0 Å². The molecule has 3 heteroatoms. The van der Waals surface area contributed by atoms with Gasteiger partial charge in [-0.3, -0.25) is 4.79 Å². The van der Waals surface area contributed by atoms with Crippen LogP contribution in [0.2, 0.25) is 0 Å². The van der Waals surface area contributed by atoms with Gasteiger partial charge in [-0.2, -0.15) is 0 Å². The van der Waals surface area contributed by atoms with Gasteiger partial charge in [-0.25, -0.2) is 0 Å². The normalized spacial score (nSPS) is 14.2. The minimum Gasteiger partial charge on any atom is -0.392 e. The standard InChI is InChI=1S/C11H23NO2/c1-8(2)6-11(4,5)10(14)12-7-9(3)13/h8-9,13H,6-7H2,1-5H3,(H,12,14). The fraction of sp³-hybridized carbons (Fsp3) is 0.909. The highest BCUT2D eigenvalue weighted by atomic mass is 16.3. The second kappa shape index (κ2) is 5.35. The molecule has 0 fully saturated rings. The number of aliphatic hydroxyl groups excluding tert-OH is 1. The third-order valence-electron chi connectivity index (χ3n) is 2.09. The van der Waals surface area contributed by atoms with Crippen molar-refractivity contribution in [3.63, 3.8) is 0 Å². The summed E-state index contributed by atoms with van der Waals surface area (Å²) in [6.45, 7) is 10.1. The lowest BCUT2D eigenvalue weighted by atomic mass is 9.83. The van der Waals surface area contributed by atoms with Gasteiger partial charge in [-0.05, 0) is 19.3 Å². The topological polar surface area (TPSA) is 49.3 Å². The molecular weight excluding hydrogens is 178 g/mol. The lowest BCUT2D eigenvalue weighted by Crippen LogP contribution is -2.40. The smallest absolute Gasteiger partial charge is 0.225 e. The summed E-state index contributed by atoms with van der Waals surface area (Å²) < 4.78 is 0. The zero-order chi connectivity index (χ0) is 11.4.